The van der Waals surface area contributed by atoms with Crippen LogP contribution >= 0.6 is 0 Å². The first-order valence-corrected chi connectivity index (χ1v) is 5.18. The van der Waals surface area contributed by atoms with Crippen molar-refractivity contribution in [3.63, 3.8) is 0 Å². The van der Waals surface area contributed by atoms with Gasteiger partial charge >= 0.3 is 0 Å². The summed E-state index contributed by atoms with van der Waals surface area (Å²) in [5, 5.41) is 13.3. The van der Waals surface area contributed by atoms with E-state index in [1.54, 1.807) is 12.1 Å². The van der Waals surface area contributed by atoms with Gasteiger partial charge in [0.15, 0.2) is 0 Å². The van der Waals surface area contributed by atoms with Crippen LogP contribution < -0.4 is 5.73 Å². The van der Waals surface area contributed by atoms with Crippen LogP contribution in [0.1, 0.15) is 18.4 Å². The summed E-state index contributed by atoms with van der Waals surface area (Å²) in [6.07, 6.45) is -0.542. The van der Waals surface area contributed by atoms with E-state index in [2.05, 4.69) is 10.1 Å². The number of aromatic nitrogens is 2. The predicted molar refractivity (Wildman–Crippen MR) is 58.3 cm³/mol. The molecule has 1 aromatic carbocycles. The van der Waals surface area contributed by atoms with Gasteiger partial charge in [-0.2, -0.15) is 4.98 Å². The zero-order valence-electron chi connectivity index (χ0n) is 9.01. The second kappa shape index (κ2) is 5.03. The van der Waals surface area contributed by atoms with Gasteiger partial charge in [0, 0.05) is 5.56 Å². The van der Waals surface area contributed by atoms with Crippen molar-refractivity contribution < 1.29 is 14.0 Å². The molecule has 0 radical (unpaired) electrons. The molecule has 0 bridgehead atoms. The molecule has 0 saturated heterocycles. The average Bonchev–Trinajstić information content (AvgIpc) is 2.78. The Morgan fingerprint density at radius 3 is 3.00 bits per heavy atom. The predicted octanol–water partition coefficient (Wildman–Crippen LogP) is 1.26. The summed E-state index contributed by atoms with van der Waals surface area (Å²) in [4.78, 5) is 3.99. The maximum atomic E-state index is 13.0. The highest BCUT2D eigenvalue weighted by atomic mass is 19.1. The zero-order valence-corrected chi connectivity index (χ0v) is 9.01. The van der Waals surface area contributed by atoms with E-state index in [0.29, 0.717) is 18.5 Å². The van der Waals surface area contributed by atoms with E-state index in [1.807, 2.05) is 0 Å². The van der Waals surface area contributed by atoms with Crippen LogP contribution in [-0.2, 0) is 0 Å². The quantitative estimate of drug-likeness (QED) is 0.836. The normalized spacial score (nSPS) is 12.6. The van der Waals surface area contributed by atoms with Gasteiger partial charge in [0.25, 0.3) is 5.89 Å². The lowest BCUT2D eigenvalue weighted by molar-refractivity contribution is 0.127. The summed E-state index contributed by atoms with van der Waals surface area (Å²) < 4.78 is 17.9. The van der Waals surface area contributed by atoms with Crippen LogP contribution in [0.5, 0.6) is 0 Å². The average molecular weight is 237 g/mol. The first-order valence-electron chi connectivity index (χ1n) is 5.18. The highest BCUT2D eigenvalue weighted by Gasteiger charge is 2.16. The molecule has 90 valence electrons. The molecule has 5 nitrogen and oxygen atoms in total. The molecule has 2 aromatic rings. The molecule has 0 amide bonds. The largest absolute Gasteiger partial charge is 0.383 e. The van der Waals surface area contributed by atoms with Crippen molar-refractivity contribution in [1.29, 1.82) is 0 Å². The monoisotopic (exact) mass is 237 g/mol. The van der Waals surface area contributed by atoms with Crippen molar-refractivity contribution in [3.8, 4) is 11.4 Å². The molecule has 0 saturated carbocycles. The minimum atomic E-state index is -0.880. The van der Waals surface area contributed by atoms with E-state index in [1.165, 1.54) is 12.1 Å². The lowest BCUT2D eigenvalue weighted by Crippen LogP contribution is -2.06. The van der Waals surface area contributed by atoms with Crippen molar-refractivity contribution >= 4 is 0 Å². The van der Waals surface area contributed by atoms with Gasteiger partial charge in [0.1, 0.15) is 11.9 Å². The molecular weight excluding hydrogens is 225 g/mol. The number of aliphatic hydroxyl groups excluding tert-OH is 1. The lowest BCUT2D eigenvalue weighted by Gasteiger charge is -2.00. The van der Waals surface area contributed by atoms with Gasteiger partial charge in [-0.1, -0.05) is 17.3 Å². The van der Waals surface area contributed by atoms with Crippen molar-refractivity contribution in [3.05, 3.63) is 36.0 Å². The maximum absolute atomic E-state index is 13.0. The molecule has 6 heteroatoms. The fraction of sp³-hybridized carbons (Fsp3) is 0.273. The molecule has 2 rings (SSSR count). The number of nitrogens with two attached hydrogens (primary N) is 1. The molecule has 1 heterocycles. The molecule has 1 unspecified atom stereocenters. The van der Waals surface area contributed by atoms with Crippen LogP contribution in [0.3, 0.4) is 0 Å². The number of nitrogens with zero attached hydrogens (tertiary/aromatic N) is 2. The molecule has 0 aliphatic heterocycles. The Hall–Kier alpha value is -1.79. The standard InChI is InChI=1S/C11H12FN3O2/c12-8-3-1-2-7(6-8)10-14-11(17-15-10)9(16)4-5-13/h1-3,6,9,16H,4-5,13H2. The fourth-order valence-corrected chi connectivity index (χ4v) is 1.40. The van der Waals surface area contributed by atoms with Crippen LogP contribution in [0.25, 0.3) is 11.4 Å². The van der Waals surface area contributed by atoms with Gasteiger partial charge in [-0.3, -0.25) is 0 Å². The number of halogens is 1. The summed E-state index contributed by atoms with van der Waals surface area (Å²) in [6.45, 7) is 0.318. The molecule has 1 aromatic heterocycles. The van der Waals surface area contributed by atoms with E-state index >= 15 is 0 Å². The van der Waals surface area contributed by atoms with E-state index < -0.39 is 6.10 Å². The van der Waals surface area contributed by atoms with E-state index in [9.17, 15) is 9.50 Å². The number of hydrogen-bond acceptors (Lipinski definition) is 5. The number of aliphatic hydroxyl groups is 1. The number of benzene rings is 1. The third kappa shape index (κ3) is 2.66. The van der Waals surface area contributed by atoms with Gasteiger partial charge in [-0.05, 0) is 25.1 Å². The van der Waals surface area contributed by atoms with Crippen molar-refractivity contribution in [2.24, 2.45) is 5.73 Å². The van der Waals surface area contributed by atoms with Crippen LogP contribution in [0, 0.1) is 5.82 Å². The summed E-state index contributed by atoms with van der Waals surface area (Å²) in [7, 11) is 0. The van der Waals surface area contributed by atoms with E-state index in [0.717, 1.165) is 0 Å². The third-order valence-electron chi connectivity index (χ3n) is 2.25. The van der Waals surface area contributed by atoms with Crippen LogP contribution in [0.4, 0.5) is 4.39 Å². The zero-order chi connectivity index (χ0) is 12.3. The molecule has 1 atom stereocenters. The SMILES string of the molecule is NCCC(O)c1nc(-c2cccc(F)c2)no1. The first kappa shape index (κ1) is 11.7. The van der Waals surface area contributed by atoms with E-state index in [-0.39, 0.29) is 17.5 Å². The Kier molecular flexibility index (Phi) is 3.46. The summed E-state index contributed by atoms with van der Waals surface area (Å²) in [5.41, 5.74) is 5.81. The van der Waals surface area contributed by atoms with Crippen molar-refractivity contribution in [2.45, 2.75) is 12.5 Å². The molecular formula is C11H12FN3O2. The Morgan fingerprint density at radius 1 is 1.47 bits per heavy atom. The summed E-state index contributed by atoms with van der Waals surface area (Å²) in [5.74, 6) is -0.0401. The molecule has 0 aliphatic carbocycles. The number of rotatable bonds is 4. The molecule has 3 N–H and O–H groups in total. The summed E-state index contributed by atoms with van der Waals surface area (Å²) in [6, 6.07) is 5.84. The van der Waals surface area contributed by atoms with Gasteiger partial charge in [-0.25, -0.2) is 4.39 Å². The summed E-state index contributed by atoms with van der Waals surface area (Å²) >= 11 is 0. The highest BCUT2D eigenvalue weighted by Crippen LogP contribution is 2.20. The van der Waals surface area contributed by atoms with Crippen LogP contribution in [0.2, 0.25) is 0 Å². The number of hydrogen-bond donors (Lipinski definition) is 2. The Labute approximate surface area is 97.1 Å². The minimum Gasteiger partial charge on any atom is -0.383 e. The van der Waals surface area contributed by atoms with Crippen molar-refractivity contribution in [1.82, 2.24) is 10.1 Å². The molecule has 0 spiro atoms. The lowest BCUT2D eigenvalue weighted by atomic mass is 10.2. The van der Waals surface area contributed by atoms with E-state index in [4.69, 9.17) is 10.3 Å². The molecule has 0 fully saturated rings. The first-order chi connectivity index (χ1) is 8.20. The Morgan fingerprint density at radius 2 is 2.29 bits per heavy atom. The second-order valence-electron chi connectivity index (χ2n) is 3.56. The Bertz CT molecular complexity index is 501. The van der Waals surface area contributed by atoms with Crippen molar-refractivity contribution in [2.75, 3.05) is 6.54 Å². The second-order valence-corrected chi connectivity index (χ2v) is 3.56. The van der Waals surface area contributed by atoms with Gasteiger partial charge in [0.05, 0.1) is 0 Å². The van der Waals surface area contributed by atoms with Gasteiger partial charge in [-0.15, -0.1) is 0 Å². The smallest absolute Gasteiger partial charge is 0.255 e. The van der Waals surface area contributed by atoms with Crippen LogP contribution in [0.15, 0.2) is 28.8 Å². The Balaban J connectivity index is 2.23. The van der Waals surface area contributed by atoms with Gasteiger partial charge in [0.2, 0.25) is 5.82 Å². The molecule has 17 heavy (non-hydrogen) atoms. The van der Waals surface area contributed by atoms with Gasteiger partial charge < -0.3 is 15.4 Å². The fourth-order valence-electron chi connectivity index (χ4n) is 1.40. The molecule has 0 aliphatic rings. The topological polar surface area (TPSA) is 85.2 Å². The maximum Gasteiger partial charge on any atom is 0.255 e. The highest BCUT2D eigenvalue weighted by molar-refractivity contribution is 5.53. The minimum absolute atomic E-state index is 0.0923. The van der Waals surface area contributed by atoms with Crippen LogP contribution in [-0.4, -0.2) is 21.8 Å². The third-order valence-corrected chi connectivity index (χ3v) is 2.25.